The van der Waals surface area contributed by atoms with E-state index in [1.165, 1.54) is 0 Å². The Balaban J connectivity index is 4.16. The fraction of sp³-hybridized carbons (Fsp3) is 1.00. The molecular formula is C8H15F3. The molecule has 0 aromatic heterocycles. The summed E-state index contributed by atoms with van der Waals surface area (Å²) in [7, 11) is 0. The fourth-order valence-corrected chi connectivity index (χ4v) is 1.24. The van der Waals surface area contributed by atoms with Crippen molar-refractivity contribution in [1.82, 2.24) is 0 Å². The number of alkyl halides is 3. The first-order chi connectivity index (χ1) is 4.93. The van der Waals surface area contributed by atoms with Gasteiger partial charge < -0.3 is 0 Å². The third-order valence-corrected chi connectivity index (χ3v) is 2.19. The van der Waals surface area contributed by atoms with Crippen LogP contribution >= 0.6 is 0 Å². The van der Waals surface area contributed by atoms with Gasteiger partial charge in [-0.1, -0.05) is 27.2 Å². The molecule has 0 radical (unpaired) electrons. The SMILES string of the molecule is CCC(C)[C@H](CC)C(F)(F)F. The highest BCUT2D eigenvalue weighted by Crippen LogP contribution is 2.35. The van der Waals surface area contributed by atoms with Crippen LogP contribution < -0.4 is 0 Å². The van der Waals surface area contributed by atoms with Crippen molar-refractivity contribution in [1.29, 1.82) is 0 Å². The molecule has 0 N–H and O–H groups in total. The van der Waals surface area contributed by atoms with Crippen LogP contribution in [0.25, 0.3) is 0 Å². The summed E-state index contributed by atoms with van der Waals surface area (Å²) < 4.78 is 36.5. The summed E-state index contributed by atoms with van der Waals surface area (Å²) in [5, 5.41) is 0. The van der Waals surface area contributed by atoms with Crippen LogP contribution in [0, 0.1) is 11.8 Å². The quantitative estimate of drug-likeness (QED) is 0.603. The number of hydrogen-bond donors (Lipinski definition) is 0. The average Bonchev–Trinajstić information content (AvgIpc) is 1.86. The Morgan fingerprint density at radius 1 is 1.09 bits per heavy atom. The maximum atomic E-state index is 12.2. The molecule has 0 saturated heterocycles. The Labute approximate surface area is 65.8 Å². The van der Waals surface area contributed by atoms with E-state index in [-0.39, 0.29) is 12.3 Å². The molecule has 0 aromatic carbocycles. The summed E-state index contributed by atoms with van der Waals surface area (Å²) >= 11 is 0. The van der Waals surface area contributed by atoms with Gasteiger partial charge in [0.05, 0.1) is 5.92 Å². The molecule has 1 unspecified atom stereocenters. The van der Waals surface area contributed by atoms with Gasteiger partial charge in [0.15, 0.2) is 0 Å². The van der Waals surface area contributed by atoms with Crippen LogP contribution in [0.3, 0.4) is 0 Å². The summed E-state index contributed by atoms with van der Waals surface area (Å²) in [6.45, 7) is 5.03. The van der Waals surface area contributed by atoms with Gasteiger partial charge in [-0.15, -0.1) is 0 Å². The summed E-state index contributed by atoms with van der Waals surface area (Å²) in [6.07, 6.45) is -3.22. The average molecular weight is 168 g/mol. The van der Waals surface area contributed by atoms with E-state index in [4.69, 9.17) is 0 Å². The van der Waals surface area contributed by atoms with Crippen molar-refractivity contribution in [3.63, 3.8) is 0 Å². The topological polar surface area (TPSA) is 0 Å². The van der Waals surface area contributed by atoms with E-state index < -0.39 is 12.1 Å². The monoisotopic (exact) mass is 168 g/mol. The molecule has 2 atom stereocenters. The van der Waals surface area contributed by atoms with Crippen LogP contribution in [0.15, 0.2) is 0 Å². The Bertz CT molecular complexity index is 106. The third-order valence-electron chi connectivity index (χ3n) is 2.19. The van der Waals surface area contributed by atoms with Gasteiger partial charge in [-0.2, -0.15) is 13.2 Å². The Kier molecular flexibility index (Phi) is 3.90. The third kappa shape index (κ3) is 3.12. The molecule has 0 amide bonds. The normalized spacial score (nSPS) is 18.0. The molecule has 0 nitrogen and oxygen atoms in total. The summed E-state index contributed by atoms with van der Waals surface area (Å²) in [5.41, 5.74) is 0. The molecule has 0 rings (SSSR count). The molecule has 0 aromatic rings. The smallest absolute Gasteiger partial charge is 0.171 e. The van der Waals surface area contributed by atoms with Crippen molar-refractivity contribution in [2.75, 3.05) is 0 Å². The second-order valence-electron chi connectivity index (χ2n) is 2.94. The maximum absolute atomic E-state index is 12.2. The van der Waals surface area contributed by atoms with Gasteiger partial charge in [-0.25, -0.2) is 0 Å². The van der Waals surface area contributed by atoms with Gasteiger partial charge in [-0.3, -0.25) is 0 Å². The predicted molar refractivity (Wildman–Crippen MR) is 39.3 cm³/mol. The Morgan fingerprint density at radius 3 is 1.64 bits per heavy atom. The molecule has 0 aliphatic carbocycles. The number of rotatable bonds is 3. The van der Waals surface area contributed by atoms with Crippen LogP contribution in [-0.4, -0.2) is 6.18 Å². The van der Waals surface area contributed by atoms with Gasteiger partial charge in [-0.05, 0) is 12.3 Å². The minimum absolute atomic E-state index is 0.193. The molecule has 3 heteroatoms. The highest BCUT2D eigenvalue weighted by molar-refractivity contribution is 4.70. The summed E-state index contributed by atoms with van der Waals surface area (Å²) in [5.74, 6) is -1.37. The molecule has 0 saturated carbocycles. The number of halogens is 3. The van der Waals surface area contributed by atoms with E-state index in [1.54, 1.807) is 20.8 Å². The molecule has 0 heterocycles. The number of hydrogen-bond acceptors (Lipinski definition) is 0. The van der Waals surface area contributed by atoms with Gasteiger partial charge in [0.2, 0.25) is 0 Å². The first kappa shape index (κ1) is 10.8. The zero-order valence-electron chi connectivity index (χ0n) is 7.20. The molecule has 0 bridgehead atoms. The minimum Gasteiger partial charge on any atom is -0.171 e. The second-order valence-corrected chi connectivity index (χ2v) is 2.94. The van der Waals surface area contributed by atoms with E-state index >= 15 is 0 Å². The molecule has 0 fully saturated rings. The lowest BCUT2D eigenvalue weighted by atomic mass is 9.89. The first-order valence-electron chi connectivity index (χ1n) is 4.00. The van der Waals surface area contributed by atoms with E-state index in [0.717, 1.165) is 0 Å². The Morgan fingerprint density at radius 2 is 1.55 bits per heavy atom. The lowest BCUT2D eigenvalue weighted by Crippen LogP contribution is -2.27. The van der Waals surface area contributed by atoms with Crippen LogP contribution in [0.5, 0.6) is 0 Å². The standard InChI is InChI=1S/C8H15F3/c1-4-6(3)7(5-2)8(9,10)11/h6-7H,4-5H2,1-3H3/t6?,7-/m0/s1. The highest BCUT2D eigenvalue weighted by Gasteiger charge is 2.40. The van der Waals surface area contributed by atoms with Gasteiger partial charge in [0.1, 0.15) is 0 Å². The summed E-state index contributed by atoms with van der Waals surface area (Å²) in [4.78, 5) is 0. The molecular weight excluding hydrogens is 153 g/mol. The minimum atomic E-state index is -4.01. The zero-order chi connectivity index (χ0) is 9.07. The summed E-state index contributed by atoms with van der Waals surface area (Å²) in [6, 6.07) is 0. The molecule has 0 spiro atoms. The van der Waals surface area contributed by atoms with Gasteiger partial charge >= 0.3 is 6.18 Å². The molecule has 11 heavy (non-hydrogen) atoms. The van der Waals surface area contributed by atoms with Crippen molar-refractivity contribution in [2.24, 2.45) is 11.8 Å². The lowest BCUT2D eigenvalue weighted by molar-refractivity contribution is -0.188. The van der Waals surface area contributed by atoms with Gasteiger partial charge in [0.25, 0.3) is 0 Å². The Hall–Kier alpha value is -0.210. The maximum Gasteiger partial charge on any atom is 0.392 e. The fourth-order valence-electron chi connectivity index (χ4n) is 1.24. The van der Waals surface area contributed by atoms with Crippen molar-refractivity contribution < 1.29 is 13.2 Å². The van der Waals surface area contributed by atoms with E-state index in [0.29, 0.717) is 6.42 Å². The van der Waals surface area contributed by atoms with E-state index in [2.05, 4.69) is 0 Å². The van der Waals surface area contributed by atoms with Crippen LogP contribution in [0.2, 0.25) is 0 Å². The van der Waals surface area contributed by atoms with Crippen LogP contribution in [0.1, 0.15) is 33.6 Å². The molecule has 68 valence electrons. The van der Waals surface area contributed by atoms with Crippen molar-refractivity contribution >= 4 is 0 Å². The highest BCUT2D eigenvalue weighted by atomic mass is 19.4. The first-order valence-corrected chi connectivity index (χ1v) is 4.00. The van der Waals surface area contributed by atoms with Gasteiger partial charge in [0, 0.05) is 0 Å². The zero-order valence-corrected chi connectivity index (χ0v) is 7.20. The van der Waals surface area contributed by atoms with Crippen molar-refractivity contribution in [3.05, 3.63) is 0 Å². The lowest BCUT2D eigenvalue weighted by Gasteiger charge is -2.23. The van der Waals surface area contributed by atoms with E-state index in [9.17, 15) is 13.2 Å². The van der Waals surface area contributed by atoms with Crippen LogP contribution in [-0.2, 0) is 0 Å². The second kappa shape index (κ2) is 3.98. The van der Waals surface area contributed by atoms with E-state index in [1.807, 2.05) is 0 Å². The molecule has 0 aliphatic heterocycles. The van der Waals surface area contributed by atoms with Crippen molar-refractivity contribution in [2.45, 2.75) is 39.8 Å². The predicted octanol–water partition coefficient (Wildman–Crippen LogP) is 3.62. The largest absolute Gasteiger partial charge is 0.392 e. The van der Waals surface area contributed by atoms with Crippen molar-refractivity contribution in [3.8, 4) is 0 Å². The molecule has 0 aliphatic rings. The van der Waals surface area contributed by atoms with Crippen LogP contribution in [0.4, 0.5) is 13.2 Å².